The summed E-state index contributed by atoms with van der Waals surface area (Å²) in [6.45, 7) is 2.14. The average molecular weight is 291 g/mol. The third-order valence-electron chi connectivity index (χ3n) is 3.77. The van der Waals surface area contributed by atoms with Crippen LogP contribution in [0.3, 0.4) is 0 Å². The quantitative estimate of drug-likeness (QED) is 0.875. The highest BCUT2D eigenvalue weighted by Gasteiger charge is 2.24. The minimum Gasteiger partial charge on any atom is -0.228 e. The number of sulfonamides is 1. The van der Waals surface area contributed by atoms with E-state index in [0.717, 1.165) is 25.7 Å². The number of hydrogen-bond acceptors (Lipinski definition) is 2. The van der Waals surface area contributed by atoms with E-state index in [-0.39, 0.29) is 5.25 Å². The first-order chi connectivity index (χ1) is 9.48. The molecule has 0 atom stereocenters. The fourth-order valence-corrected chi connectivity index (χ4v) is 3.59. The van der Waals surface area contributed by atoms with Gasteiger partial charge in [0.1, 0.15) is 0 Å². The van der Waals surface area contributed by atoms with Crippen LogP contribution >= 0.6 is 0 Å². The maximum Gasteiger partial charge on any atom is 0.211 e. The number of benzene rings is 2. The molecule has 3 rings (SSSR count). The van der Waals surface area contributed by atoms with Gasteiger partial charge < -0.3 is 0 Å². The van der Waals surface area contributed by atoms with Crippen LogP contribution < -0.4 is 5.14 Å². The van der Waals surface area contributed by atoms with Crippen LogP contribution in [-0.2, 0) is 10.0 Å². The summed E-state index contributed by atoms with van der Waals surface area (Å²) in [4.78, 5) is 0. The van der Waals surface area contributed by atoms with Crippen molar-refractivity contribution in [2.75, 3.05) is 0 Å². The van der Waals surface area contributed by atoms with Crippen molar-refractivity contribution in [1.29, 1.82) is 0 Å². The van der Waals surface area contributed by atoms with Gasteiger partial charge in [-0.25, -0.2) is 13.6 Å². The molecule has 0 radical (unpaired) electrons. The molecule has 0 aromatic heterocycles. The molecule has 4 heteroatoms. The summed E-state index contributed by atoms with van der Waals surface area (Å²) in [6.07, 6.45) is 3.56. The van der Waals surface area contributed by atoms with Crippen molar-refractivity contribution >= 4 is 20.8 Å². The van der Waals surface area contributed by atoms with Gasteiger partial charge in [0.2, 0.25) is 10.0 Å². The standard InChI is InChI=1S/C11H10.C5H11NO2S/c1-9-5-4-7-10-6-2-3-8-11(9)10;6-9(7,8)5-3-1-2-4-5/h2-8H,1H3;5H,1-4H2,(H2,6,7,8). The zero-order valence-electron chi connectivity index (χ0n) is 11.7. The van der Waals surface area contributed by atoms with Gasteiger partial charge in [0, 0.05) is 0 Å². The molecule has 1 fully saturated rings. The van der Waals surface area contributed by atoms with E-state index in [1.165, 1.54) is 16.3 Å². The van der Waals surface area contributed by atoms with Gasteiger partial charge in [-0.1, -0.05) is 55.3 Å². The van der Waals surface area contributed by atoms with Crippen LogP contribution in [0.5, 0.6) is 0 Å². The number of primary sulfonamides is 1. The highest BCUT2D eigenvalue weighted by atomic mass is 32.2. The summed E-state index contributed by atoms with van der Waals surface area (Å²) in [7, 11) is -3.20. The first-order valence-electron chi connectivity index (χ1n) is 6.94. The van der Waals surface area contributed by atoms with Gasteiger partial charge in [-0.15, -0.1) is 0 Å². The van der Waals surface area contributed by atoms with E-state index in [9.17, 15) is 8.42 Å². The van der Waals surface area contributed by atoms with Gasteiger partial charge in [0.25, 0.3) is 0 Å². The summed E-state index contributed by atoms with van der Waals surface area (Å²) in [6, 6.07) is 14.8. The zero-order valence-corrected chi connectivity index (χ0v) is 12.6. The highest BCUT2D eigenvalue weighted by molar-refractivity contribution is 7.89. The molecule has 0 spiro atoms. The van der Waals surface area contributed by atoms with Gasteiger partial charge >= 0.3 is 0 Å². The van der Waals surface area contributed by atoms with Gasteiger partial charge in [0.15, 0.2) is 0 Å². The molecule has 0 amide bonds. The molecule has 3 nitrogen and oxygen atoms in total. The summed E-state index contributed by atoms with van der Waals surface area (Å²) >= 11 is 0. The largest absolute Gasteiger partial charge is 0.228 e. The lowest BCUT2D eigenvalue weighted by molar-refractivity contribution is 0.581. The molecule has 2 N–H and O–H groups in total. The third kappa shape index (κ3) is 3.81. The summed E-state index contributed by atoms with van der Waals surface area (Å²) < 4.78 is 21.2. The molecule has 0 aliphatic heterocycles. The predicted octanol–water partition coefficient (Wildman–Crippen LogP) is 3.37. The van der Waals surface area contributed by atoms with Crippen LogP contribution in [0.15, 0.2) is 42.5 Å². The molecule has 1 aliphatic rings. The molecule has 108 valence electrons. The van der Waals surface area contributed by atoms with E-state index in [4.69, 9.17) is 5.14 Å². The number of hydrogen-bond donors (Lipinski definition) is 1. The topological polar surface area (TPSA) is 60.2 Å². The van der Waals surface area contributed by atoms with Gasteiger partial charge in [-0.2, -0.15) is 0 Å². The molecule has 2 aromatic rings. The Balaban J connectivity index is 0.000000151. The van der Waals surface area contributed by atoms with Crippen LogP contribution in [0.2, 0.25) is 0 Å². The smallest absolute Gasteiger partial charge is 0.211 e. The van der Waals surface area contributed by atoms with Crippen LogP contribution in [0, 0.1) is 6.92 Å². The minimum atomic E-state index is -3.20. The Morgan fingerprint density at radius 1 is 1.00 bits per heavy atom. The Morgan fingerprint density at radius 3 is 2.15 bits per heavy atom. The van der Waals surface area contributed by atoms with E-state index in [2.05, 4.69) is 49.4 Å². The summed E-state index contributed by atoms with van der Waals surface area (Å²) in [5.74, 6) is 0. The molecule has 1 saturated carbocycles. The summed E-state index contributed by atoms with van der Waals surface area (Å²) in [5.41, 5.74) is 1.35. The van der Waals surface area contributed by atoms with Crippen molar-refractivity contribution < 1.29 is 8.42 Å². The van der Waals surface area contributed by atoms with Crippen molar-refractivity contribution in [1.82, 2.24) is 0 Å². The Morgan fingerprint density at radius 2 is 1.60 bits per heavy atom. The number of fused-ring (bicyclic) bond motifs is 1. The molecular formula is C16H21NO2S. The van der Waals surface area contributed by atoms with E-state index >= 15 is 0 Å². The van der Waals surface area contributed by atoms with Crippen molar-refractivity contribution in [2.24, 2.45) is 5.14 Å². The average Bonchev–Trinajstić information content (AvgIpc) is 2.94. The van der Waals surface area contributed by atoms with Crippen molar-refractivity contribution in [3.63, 3.8) is 0 Å². The molecule has 20 heavy (non-hydrogen) atoms. The number of nitrogens with two attached hydrogens (primary N) is 1. The van der Waals surface area contributed by atoms with Crippen LogP contribution in [0.1, 0.15) is 31.2 Å². The van der Waals surface area contributed by atoms with Crippen molar-refractivity contribution in [3.05, 3.63) is 48.0 Å². The fraction of sp³-hybridized carbons (Fsp3) is 0.375. The van der Waals surface area contributed by atoms with E-state index in [1.807, 2.05) is 0 Å². The van der Waals surface area contributed by atoms with Gasteiger partial charge in [0.05, 0.1) is 5.25 Å². The van der Waals surface area contributed by atoms with Crippen LogP contribution in [0.25, 0.3) is 10.8 Å². The second-order valence-electron chi connectivity index (χ2n) is 5.29. The molecule has 2 aromatic carbocycles. The molecule has 0 heterocycles. The monoisotopic (exact) mass is 291 g/mol. The molecule has 0 saturated heterocycles. The van der Waals surface area contributed by atoms with Gasteiger partial charge in [-0.3, -0.25) is 0 Å². The molecular weight excluding hydrogens is 270 g/mol. The van der Waals surface area contributed by atoms with Crippen LogP contribution in [-0.4, -0.2) is 13.7 Å². The van der Waals surface area contributed by atoms with E-state index in [1.54, 1.807) is 0 Å². The van der Waals surface area contributed by atoms with E-state index < -0.39 is 10.0 Å². The lowest BCUT2D eigenvalue weighted by atomic mass is 10.1. The lowest BCUT2D eigenvalue weighted by Crippen LogP contribution is -2.25. The molecule has 0 bridgehead atoms. The normalized spacial score (nSPS) is 15.9. The maximum absolute atomic E-state index is 10.6. The van der Waals surface area contributed by atoms with Crippen molar-refractivity contribution in [2.45, 2.75) is 37.9 Å². The first kappa shape index (κ1) is 15.0. The highest BCUT2D eigenvalue weighted by Crippen LogP contribution is 2.22. The maximum atomic E-state index is 10.6. The van der Waals surface area contributed by atoms with Gasteiger partial charge in [-0.05, 0) is 36.1 Å². The summed E-state index contributed by atoms with van der Waals surface area (Å²) in [5, 5.41) is 7.36. The lowest BCUT2D eigenvalue weighted by Gasteiger charge is -2.02. The van der Waals surface area contributed by atoms with E-state index in [0.29, 0.717) is 0 Å². The minimum absolute atomic E-state index is 0.238. The van der Waals surface area contributed by atoms with Crippen LogP contribution in [0.4, 0.5) is 0 Å². The predicted molar refractivity (Wildman–Crippen MR) is 84.0 cm³/mol. The van der Waals surface area contributed by atoms with Crippen molar-refractivity contribution in [3.8, 4) is 0 Å². The second-order valence-corrected chi connectivity index (χ2v) is 7.14. The Kier molecular flexibility index (Phi) is 4.78. The zero-order chi connectivity index (χ0) is 14.6. The fourth-order valence-electron chi connectivity index (χ4n) is 2.60. The Bertz CT molecular complexity index is 668. The Hall–Kier alpha value is -1.39. The SMILES string of the molecule is Cc1cccc2ccccc12.NS(=O)(=O)C1CCCC1. The molecule has 1 aliphatic carbocycles. The first-order valence-corrected chi connectivity index (χ1v) is 8.55. The molecule has 0 unspecified atom stereocenters. The number of rotatable bonds is 1. The number of aryl methyl sites for hydroxylation is 1. The second kappa shape index (κ2) is 6.37. The Labute approximate surface area is 120 Å². The third-order valence-corrected chi connectivity index (χ3v) is 5.18.